The van der Waals surface area contributed by atoms with Crippen LogP contribution in [-0.2, 0) is 14.8 Å². The highest BCUT2D eigenvalue weighted by Gasteiger charge is 2.18. The number of sulfonamides is 1. The molecule has 104 valence electrons. The summed E-state index contributed by atoms with van der Waals surface area (Å²) < 4.78 is 36.7. The molecule has 7 nitrogen and oxygen atoms in total. The zero-order valence-electron chi connectivity index (χ0n) is 10.1. The third-order valence-electron chi connectivity index (χ3n) is 2.47. The van der Waals surface area contributed by atoms with Crippen LogP contribution in [-0.4, -0.2) is 34.1 Å². The molecule has 0 saturated heterocycles. The first kappa shape index (κ1) is 13.6. The minimum Gasteiger partial charge on any atom is -0.490 e. The van der Waals surface area contributed by atoms with Crippen LogP contribution in [0.4, 0.5) is 0 Å². The van der Waals surface area contributed by atoms with Gasteiger partial charge in [0.15, 0.2) is 11.5 Å². The molecule has 1 heterocycles. The van der Waals surface area contributed by atoms with E-state index >= 15 is 0 Å². The van der Waals surface area contributed by atoms with E-state index in [-0.39, 0.29) is 4.90 Å². The quantitative estimate of drug-likeness (QED) is 0.784. The van der Waals surface area contributed by atoms with Gasteiger partial charge in [0, 0.05) is 12.5 Å². The summed E-state index contributed by atoms with van der Waals surface area (Å²) in [6, 6.07) is 4.28. The van der Waals surface area contributed by atoms with Crippen LogP contribution < -0.4 is 19.9 Å². The van der Waals surface area contributed by atoms with E-state index in [1.165, 1.54) is 18.2 Å². The summed E-state index contributed by atoms with van der Waals surface area (Å²) in [6.45, 7) is 0.543. The van der Waals surface area contributed by atoms with E-state index in [2.05, 4.69) is 4.72 Å². The minimum atomic E-state index is -3.79. The number of rotatable bonds is 4. The molecular weight excluding hydrogens is 272 g/mol. The van der Waals surface area contributed by atoms with Crippen molar-refractivity contribution in [3.05, 3.63) is 18.2 Å². The zero-order valence-corrected chi connectivity index (χ0v) is 10.9. The maximum absolute atomic E-state index is 11.9. The molecule has 1 aromatic rings. The molecule has 1 aliphatic rings. The Balaban J connectivity index is 2.25. The Morgan fingerprint density at radius 1 is 1.26 bits per heavy atom. The Labute approximate surface area is 110 Å². The van der Waals surface area contributed by atoms with E-state index in [0.717, 1.165) is 6.42 Å². The number of carbonyl (C=O) groups excluding carboxylic acids is 1. The molecule has 0 atom stereocenters. The number of primary amides is 1. The predicted octanol–water partition coefficient (Wildman–Crippen LogP) is -0.389. The maximum Gasteiger partial charge on any atom is 0.241 e. The zero-order chi connectivity index (χ0) is 13.9. The number of benzene rings is 1. The number of amides is 1. The van der Waals surface area contributed by atoms with Crippen LogP contribution in [0, 0.1) is 0 Å². The van der Waals surface area contributed by atoms with Crippen LogP contribution in [0.15, 0.2) is 23.1 Å². The Hall–Kier alpha value is -1.80. The minimum absolute atomic E-state index is 0.00185. The molecule has 0 spiro atoms. The Bertz CT molecular complexity index is 585. The fraction of sp³-hybridized carbons (Fsp3) is 0.364. The lowest BCUT2D eigenvalue weighted by molar-refractivity contribution is -0.116. The highest BCUT2D eigenvalue weighted by molar-refractivity contribution is 7.89. The lowest BCUT2D eigenvalue weighted by Gasteiger charge is -2.10. The van der Waals surface area contributed by atoms with Crippen molar-refractivity contribution in [2.24, 2.45) is 5.73 Å². The highest BCUT2D eigenvalue weighted by Crippen LogP contribution is 2.31. The van der Waals surface area contributed by atoms with Crippen LogP contribution in [0.1, 0.15) is 6.42 Å². The summed E-state index contributed by atoms with van der Waals surface area (Å²) in [4.78, 5) is 10.6. The van der Waals surface area contributed by atoms with E-state index in [9.17, 15) is 13.2 Å². The fourth-order valence-electron chi connectivity index (χ4n) is 1.56. The van der Waals surface area contributed by atoms with Crippen molar-refractivity contribution in [3.8, 4) is 11.5 Å². The lowest BCUT2D eigenvalue weighted by Crippen LogP contribution is -2.33. The van der Waals surface area contributed by atoms with Crippen molar-refractivity contribution in [3.63, 3.8) is 0 Å². The first-order valence-corrected chi connectivity index (χ1v) is 7.15. The van der Waals surface area contributed by atoms with Crippen molar-refractivity contribution in [1.29, 1.82) is 0 Å². The van der Waals surface area contributed by atoms with Crippen molar-refractivity contribution >= 4 is 15.9 Å². The van der Waals surface area contributed by atoms with E-state index < -0.39 is 22.5 Å². The van der Waals surface area contributed by atoms with Gasteiger partial charge < -0.3 is 15.2 Å². The molecule has 19 heavy (non-hydrogen) atoms. The third-order valence-corrected chi connectivity index (χ3v) is 3.86. The SMILES string of the molecule is NC(=O)CNS(=O)(=O)c1ccc2c(c1)OCCCO2. The second-order valence-electron chi connectivity index (χ2n) is 3.95. The van der Waals surface area contributed by atoms with Crippen molar-refractivity contribution in [1.82, 2.24) is 4.72 Å². The largest absolute Gasteiger partial charge is 0.490 e. The predicted molar refractivity (Wildman–Crippen MR) is 66.4 cm³/mol. The van der Waals surface area contributed by atoms with Gasteiger partial charge in [0.2, 0.25) is 15.9 Å². The number of nitrogens with one attached hydrogen (secondary N) is 1. The summed E-state index contributed by atoms with van der Waals surface area (Å²) in [5.41, 5.74) is 4.90. The normalized spacial score (nSPS) is 14.7. The smallest absolute Gasteiger partial charge is 0.241 e. The van der Waals surface area contributed by atoms with Crippen LogP contribution >= 0.6 is 0 Å². The van der Waals surface area contributed by atoms with Crippen molar-refractivity contribution < 1.29 is 22.7 Å². The van der Waals surface area contributed by atoms with Gasteiger partial charge in [-0.1, -0.05) is 0 Å². The average molecular weight is 286 g/mol. The summed E-state index contributed by atoms with van der Waals surface area (Å²) in [5, 5.41) is 0. The number of fused-ring (bicyclic) bond motifs is 1. The van der Waals surface area contributed by atoms with Gasteiger partial charge in [0.1, 0.15) is 0 Å². The van der Waals surface area contributed by atoms with Gasteiger partial charge in [0.05, 0.1) is 24.7 Å². The van der Waals surface area contributed by atoms with E-state index in [1.54, 1.807) is 0 Å². The molecule has 8 heteroatoms. The topological polar surface area (TPSA) is 108 Å². The van der Waals surface area contributed by atoms with Gasteiger partial charge in [-0.05, 0) is 12.1 Å². The first-order chi connectivity index (χ1) is 8.99. The molecule has 2 rings (SSSR count). The molecule has 3 N–H and O–H groups in total. The molecule has 0 aromatic heterocycles. The summed E-state index contributed by atoms with van der Waals surface area (Å²) in [7, 11) is -3.79. The fourth-order valence-corrected chi connectivity index (χ4v) is 2.57. The Morgan fingerprint density at radius 2 is 1.95 bits per heavy atom. The summed E-state index contributed by atoms with van der Waals surface area (Å²) in [5.74, 6) is 0.128. The Morgan fingerprint density at radius 3 is 2.63 bits per heavy atom. The average Bonchev–Trinajstić information content (AvgIpc) is 2.60. The van der Waals surface area contributed by atoms with Crippen LogP contribution in [0.5, 0.6) is 11.5 Å². The van der Waals surface area contributed by atoms with Gasteiger partial charge in [-0.3, -0.25) is 4.79 Å². The number of hydrogen-bond donors (Lipinski definition) is 2. The monoisotopic (exact) mass is 286 g/mol. The molecule has 0 saturated carbocycles. The number of hydrogen-bond acceptors (Lipinski definition) is 5. The molecule has 0 radical (unpaired) electrons. The molecule has 0 aliphatic carbocycles. The second kappa shape index (κ2) is 5.45. The molecule has 1 aromatic carbocycles. The first-order valence-electron chi connectivity index (χ1n) is 5.67. The highest BCUT2D eigenvalue weighted by atomic mass is 32.2. The van der Waals surface area contributed by atoms with Crippen molar-refractivity contribution in [2.75, 3.05) is 19.8 Å². The Kier molecular flexibility index (Phi) is 3.91. The van der Waals surface area contributed by atoms with Crippen LogP contribution in [0.25, 0.3) is 0 Å². The van der Waals surface area contributed by atoms with Gasteiger partial charge in [-0.25, -0.2) is 13.1 Å². The molecule has 0 bridgehead atoms. The van der Waals surface area contributed by atoms with E-state index in [1.807, 2.05) is 0 Å². The molecular formula is C11H14N2O5S. The molecule has 1 amide bonds. The molecule has 1 aliphatic heterocycles. The molecule has 0 fully saturated rings. The number of ether oxygens (including phenoxy) is 2. The third kappa shape index (κ3) is 3.36. The van der Waals surface area contributed by atoms with Crippen molar-refractivity contribution in [2.45, 2.75) is 11.3 Å². The van der Waals surface area contributed by atoms with E-state index in [0.29, 0.717) is 24.7 Å². The second-order valence-corrected chi connectivity index (χ2v) is 5.72. The van der Waals surface area contributed by atoms with Crippen LogP contribution in [0.3, 0.4) is 0 Å². The summed E-state index contributed by atoms with van der Waals surface area (Å²) >= 11 is 0. The van der Waals surface area contributed by atoms with Gasteiger partial charge in [0.25, 0.3) is 0 Å². The lowest BCUT2D eigenvalue weighted by atomic mass is 10.3. The van der Waals surface area contributed by atoms with Crippen LogP contribution in [0.2, 0.25) is 0 Å². The number of nitrogens with two attached hydrogens (primary N) is 1. The van der Waals surface area contributed by atoms with Gasteiger partial charge in [-0.2, -0.15) is 0 Å². The molecule has 0 unspecified atom stereocenters. The summed E-state index contributed by atoms with van der Waals surface area (Å²) in [6.07, 6.45) is 0.733. The van der Waals surface area contributed by atoms with Gasteiger partial charge in [-0.15, -0.1) is 0 Å². The van der Waals surface area contributed by atoms with E-state index in [4.69, 9.17) is 15.2 Å². The number of carbonyl (C=O) groups is 1. The standard InChI is InChI=1S/C11H14N2O5S/c12-11(14)7-13-19(15,16)8-2-3-9-10(6-8)18-5-1-4-17-9/h2-3,6,13H,1,4-5,7H2,(H2,12,14). The van der Waals surface area contributed by atoms with Gasteiger partial charge >= 0.3 is 0 Å². The maximum atomic E-state index is 11.9.